The van der Waals surface area contributed by atoms with Crippen molar-refractivity contribution in [1.29, 1.82) is 0 Å². The van der Waals surface area contributed by atoms with Crippen molar-refractivity contribution in [2.24, 2.45) is 5.41 Å². The van der Waals surface area contributed by atoms with E-state index in [1.165, 1.54) is 0 Å². The first-order chi connectivity index (χ1) is 8.65. The average molecular weight is 294 g/mol. The van der Waals surface area contributed by atoms with Gasteiger partial charge in [0, 0.05) is 24.2 Å². The zero-order valence-electron chi connectivity index (χ0n) is 11.9. The summed E-state index contributed by atoms with van der Waals surface area (Å²) in [6, 6.07) is -0.343. The smallest absolute Gasteiger partial charge is 0.250 e. The lowest BCUT2D eigenvalue weighted by atomic mass is 9.75. The van der Waals surface area contributed by atoms with Crippen LogP contribution in [-0.4, -0.2) is 34.4 Å². The molecule has 0 aromatic carbocycles. The first kappa shape index (κ1) is 15.5. The van der Waals surface area contributed by atoms with Gasteiger partial charge in [-0.25, -0.2) is 8.78 Å². The van der Waals surface area contributed by atoms with Gasteiger partial charge in [0.1, 0.15) is 4.75 Å². The van der Waals surface area contributed by atoms with Gasteiger partial charge in [0.2, 0.25) is 5.92 Å². The molecule has 1 saturated carbocycles. The minimum absolute atomic E-state index is 0.0688. The Morgan fingerprint density at radius 3 is 2.37 bits per heavy atom. The monoisotopic (exact) mass is 294 g/mol. The second-order valence-corrected chi connectivity index (χ2v) is 8.90. The molecule has 0 bridgehead atoms. The van der Waals surface area contributed by atoms with E-state index in [-0.39, 0.29) is 18.9 Å². The van der Waals surface area contributed by atoms with Crippen LogP contribution >= 0.6 is 0 Å². The summed E-state index contributed by atoms with van der Waals surface area (Å²) in [5.74, 6) is -2.63. The molecule has 1 unspecified atom stereocenters. The number of hydrogen-bond acceptors (Lipinski definition) is 3. The van der Waals surface area contributed by atoms with E-state index >= 15 is 0 Å². The van der Waals surface area contributed by atoms with Crippen LogP contribution in [0.1, 0.15) is 46.5 Å². The summed E-state index contributed by atoms with van der Waals surface area (Å²) < 4.78 is 42.4. The molecule has 0 amide bonds. The maximum atomic E-state index is 13.8. The zero-order chi connectivity index (χ0) is 14.3. The van der Waals surface area contributed by atoms with Crippen LogP contribution in [-0.2, 0) is 11.4 Å². The minimum atomic E-state index is -2.63. The van der Waals surface area contributed by atoms with Crippen molar-refractivity contribution in [3.63, 3.8) is 0 Å². The second kappa shape index (κ2) is 5.13. The SMILES string of the molecule is CC(C)(C)[S+]([O-])N[C@@H]1CC(F)(F)CC12CCNCC2. The van der Waals surface area contributed by atoms with Crippen molar-refractivity contribution < 1.29 is 13.3 Å². The van der Waals surface area contributed by atoms with Crippen molar-refractivity contribution in [2.45, 2.75) is 63.2 Å². The highest BCUT2D eigenvalue weighted by Crippen LogP contribution is 2.52. The van der Waals surface area contributed by atoms with Crippen LogP contribution in [0.15, 0.2) is 0 Å². The van der Waals surface area contributed by atoms with Gasteiger partial charge in [-0.1, -0.05) is 0 Å². The summed E-state index contributed by atoms with van der Waals surface area (Å²) in [5.41, 5.74) is -0.393. The van der Waals surface area contributed by atoms with E-state index in [9.17, 15) is 13.3 Å². The topological polar surface area (TPSA) is 47.1 Å². The van der Waals surface area contributed by atoms with Gasteiger partial charge < -0.3 is 9.87 Å². The van der Waals surface area contributed by atoms with Gasteiger partial charge >= 0.3 is 0 Å². The highest BCUT2D eigenvalue weighted by molar-refractivity contribution is 7.90. The molecule has 1 aliphatic carbocycles. The Morgan fingerprint density at radius 2 is 1.84 bits per heavy atom. The van der Waals surface area contributed by atoms with Crippen molar-refractivity contribution in [1.82, 2.24) is 10.0 Å². The van der Waals surface area contributed by atoms with E-state index in [0.717, 1.165) is 25.9 Å². The Balaban J connectivity index is 2.12. The minimum Gasteiger partial charge on any atom is -0.598 e. The summed E-state index contributed by atoms with van der Waals surface area (Å²) in [5, 5.41) is 3.22. The highest BCUT2D eigenvalue weighted by atomic mass is 32.2. The lowest BCUT2D eigenvalue weighted by molar-refractivity contribution is -0.00756. The average Bonchev–Trinajstić information content (AvgIpc) is 2.49. The van der Waals surface area contributed by atoms with Gasteiger partial charge in [0.05, 0.1) is 6.04 Å². The molecule has 2 atom stereocenters. The molecule has 0 aromatic rings. The van der Waals surface area contributed by atoms with Crippen LogP contribution in [0.25, 0.3) is 0 Å². The molecule has 2 N–H and O–H groups in total. The number of nitrogens with one attached hydrogen (secondary N) is 2. The molecule has 2 fully saturated rings. The molecule has 2 aliphatic rings. The zero-order valence-corrected chi connectivity index (χ0v) is 12.7. The number of alkyl halides is 2. The molecule has 2 rings (SSSR count). The molecule has 3 nitrogen and oxygen atoms in total. The highest BCUT2D eigenvalue weighted by Gasteiger charge is 2.57. The summed E-state index contributed by atoms with van der Waals surface area (Å²) >= 11 is -1.29. The van der Waals surface area contributed by atoms with E-state index < -0.39 is 27.4 Å². The van der Waals surface area contributed by atoms with Gasteiger partial charge in [0.15, 0.2) is 0 Å². The quantitative estimate of drug-likeness (QED) is 0.768. The molecule has 1 aliphatic heterocycles. The van der Waals surface area contributed by atoms with Gasteiger partial charge in [-0.3, -0.25) is 0 Å². The van der Waals surface area contributed by atoms with E-state index in [2.05, 4.69) is 10.0 Å². The Labute approximate surface area is 117 Å². The standard InChI is InChI=1S/C13H24F2N2OS/c1-11(2,3)19(18)17-10-8-13(14,15)9-12(10)4-6-16-7-5-12/h10,16-17H,4-9H2,1-3H3/t10-,19?/m1/s1. The Bertz CT molecular complexity index is 327. The summed E-state index contributed by atoms with van der Waals surface area (Å²) in [6.45, 7) is 7.13. The third-order valence-corrected chi connectivity index (χ3v) is 5.87. The van der Waals surface area contributed by atoms with Crippen LogP contribution < -0.4 is 10.0 Å². The second-order valence-electron chi connectivity index (χ2n) is 6.90. The fourth-order valence-electron chi connectivity index (χ4n) is 3.15. The molecule has 112 valence electrons. The molecule has 6 heteroatoms. The van der Waals surface area contributed by atoms with E-state index in [1.807, 2.05) is 20.8 Å². The lowest BCUT2D eigenvalue weighted by Crippen LogP contribution is -2.52. The Hall–Kier alpha value is 0.0900. The largest absolute Gasteiger partial charge is 0.598 e. The predicted octanol–water partition coefficient (Wildman–Crippen LogP) is 2.21. The molecule has 0 radical (unpaired) electrons. The van der Waals surface area contributed by atoms with Crippen molar-refractivity contribution in [2.75, 3.05) is 13.1 Å². The van der Waals surface area contributed by atoms with E-state index in [0.29, 0.717) is 0 Å². The number of rotatable bonds is 2. The van der Waals surface area contributed by atoms with E-state index in [4.69, 9.17) is 0 Å². The van der Waals surface area contributed by atoms with Gasteiger partial charge in [-0.15, -0.1) is 4.72 Å². The normalized spacial score (nSPS) is 31.6. The summed E-state index contributed by atoms with van der Waals surface area (Å²) in [7, 11) is 0. The van der Waals surface area contributed by atoms with Crippen molar-refractivity contribution in [3.8, 4) is 0 Å². The number of halogens is 2. The third-order valence-electron chi connectivity index (χ3n) is 4.26. The van der Waals surface area contributed by atoms with Crippen molar-refractivity contribution >= 4 is 11.4 Å². The van der Waals surface area contributed by atoms with Crippen molar-refractivity contribution in [3.05, 3.63) is 0 Å². The predicted molar refractivity (Wildman–Crippen MR) is 73.5 cm³/mol. The summed E-state index contributed by atoms with van der Waals surface area (Å²) in [4.78, 5) is 0. The van der Waals surface area contributed by atoms with Crippen LogP contribution in [0.4, 0.5) is 8.78 Å². The molecule has 1 saturated heterocycles. The van der Waals surface area contributed by atoms with Gasteiger partial charge in [-0.05, 0) is 52.1 Å². The van der Waals surface area contributed by atoms with Crippen LogP contribution in [0.2, 0.25) is 0 Å². The maximum absolute atomic E-state index is 13.8. The fourth-order valence-corrected chi connectivity index (χ4v) is 4.09. The Kier molecular flexibility index (Phi) is 4.18. The van der Waals surface area contributed by atoms with Gasteiger partial charge in [-0.2, -0.15) is 0 Å². The molecular weight excluding hydrogens is 270 g/mol. The molecule has 0 aromatic heterocycles. The number of piperidine rings is 1. The third kappa shape index (κ3) is 3.40. The molecular formula is C13H24F2N2OS. The lowest BCUT2D eigenvalue weighted by Gasteiger charge is -2.39. The molecule has 1 heterocycles. The van der Waals surface area contributed by atoms with Gasteiger partial charge in [0.25, 0.3) is 0 Å². The molecule has 19 heavy (non-hydrogen) atoms. The van der Waals surface area contributed by atoms with Crippen LogP contribution in [0, 0.1) is 5.41 Å². The van der Waals surface area contributed by atoms with E-state index in [1.54, 1.807) is 0 Å². The first-order valence-electron chi connectivity index (χ1n) is 6.91. The molecule has 1 spiro atoms. The fraction of sp³-hybridized carbons (Fsp3) is 1.00. The summed E-state index contributed by atoms with van der Waals surface area (Å²) in [6.07, 6.45) is 1.22. The van der Waals surface area contributed by atoms with Crippen LogP contribution in [0.3, 0.4) is 0 Å². The first-order valence-corrected chi connectivity index (χ1v) is 8.06. The number of hydrogen-bond donors (Lipinski definition) is 2. The van der Waals surface area contributed by atoms with Crippen LogP contribution in [0.5, 0.6) is 0 Å². The maximum Gasteiger partial charge on any atom is 0.250 e. The Morgan fingerprint density at radius 1 is 1.26 bits per heavy atom.